The Bertz CT molecular complexity index is 704. The molecule has 0 aromatic carbocycles. The molecule has 0 spiro atoms. The lowest BCUT2D eigenvalue weighted by atomic mass is 10.3. The van der Waals surface area contributed by atoms with Crippen molar-refractivity contribution in [2.24, 2.45) is 0 Å². The summed E-state index contributed by atoms with van der Waals surface area (Å²) in [6.45, 7) is 0.618. The van der Waals surface area contributed by atoms with Gasteiger partial charge in [0, 0.05) is 6.54 Å². The summed E-state index contributed by atoms with van der Waals surface area (Å²) in [4.78, 5) is 7.41. The van der Waals surface area contributed by atoms with Crippen LogP contribution in [0.15, 0.2) is 34.1 Å². The molecule has 0 amide bonds. The van der Waals surface area contributed by atoms with Crippen molar-refractivity contribution in [2.75, 3.05) is 13.1 Å². The Morgan fingerprint density at radius 2 is 2.14 bits per heavy atom. The van der Waals surface area contributed by atoms with E-state index in [1.165, 1.54) is 15.6 Å². The molecule has 1 unspecified atom stereocenters. The topological polar surface area (TPSA) is 72.4 Å². The number of sulfonamides is 1. The summed E-state index contributed by atoms with van der Waals surface area (Å²) in [5.41, 5.74) is 0. The first-order valence-corrected chi connectivity index (χ1v) is 8.55. The first-order chi connectivity index (χ1) is 10.1. The molecule has 1 fully saturated rings. The van der Waals surface area contributed by atoms with Crippen molar-refractivity contribution in [3.8, 4) is 6.01 Å². The van der Waals surface area contributed by atoms with Gasteiger partial charge in [-0.05, 0) is 17.9 Å². The number of rotatable bonds is 4. The first-order valence-electron chi connectivity index (χ1n) is 6.23. The molecule has 9 heteroatoms. The molecule has 0 aliphatic carbocycles. The second-order valence-electron chi connectivity index (χ2n) is 4.51. The minimum absolute atomic E-state index is 0.0526. The zero-order valence-corrected chi connectivity index (χ0v) is 12.5. The molecular weight excluding hydrogens is 317 g/mol. The molecular formula is C12H12FN3O3S2. The number of hydrogen-bond donors (Lipinski definition) is 0. The van der Waals surface area contributed by atoms with E-state index in [-0.39, 0.29) is 18.7 Å². The summed E-state index contributed by atoms with van der Waals surface area (Å²) < 4.78 is 44.6. The van der Waals surface area contributed by atoms with E-state index in [1.807, 2.05) is 0 Å². The Balaban J connectivity index is 1.67. The molecule has 1 aliphatic heterocycles. The van der Waals surface area contributed by atoms with Gasteiger partial charge in [-0.25, -0.2) is 22.8 Å². The quantitative estimate of drug-likeness (QED) is 0.850. The molecule has 2 aromatic rings. The maximum absolute atomic E-state index is 12.7. The van der Waals surface area contributed by atoms with Gasteiger partial charge in [0.25, 0.3) is 10.0 Å². The van der Waals surface area contributed by atoms with Crippen LogP contribution in [-0.2, 0) is 10.0 Å². The highest BCUT2D eigenvalue weighted by Gasteiger charge is 2.34. The molecule has 112 valence electrons. The van der Waals surface area contributed by atoms with Crippen LogP contribution in [0.1, 0.15) is 6.42 Å². The van der Waals surface area contributed by atoms with Crippen molar-refractivity contribution in [3.63, 3.8) is 0 Å². The van der Waals surface area contributed by atoms with E-state index in [0.717, 1.165) is 12.4 Å². The van der Waals surface area contributed by atoms with Gasteiger partial charge < -0.3 is 4.74 Å². The maximum Gasteiger partial charge on any atom is 0.316 e. The number of aromatic nitrogens is 2. The van der Waals surface area contributed by atoms with Gasteiger partial charge >= 0.3 is 6.01 Å². The molecule has 3 heterocycles. The van der Waals surface area contributed by atoms with Gasteiger partial charge in [-0.3, -0.25) is 0 Å². The molecule has 1 saturated heterocycles. The molecule has 0 saturated carbocycles. The average Bonchev–Trinajstić information content (AvgIpc) is 3.12. The zero-order valence-electron chi connectivity index (χ0n) is 10.8. The van der Waals surface area contributed by atoms with E-state index in [2.05, 4.69) is 9.97 Å². The summed E-state index contributed by atoms with van der Waals surface area (Å²) >= 11 is 1.19. The smallest absolute Gasteiger partial charge is 0.316 e. The summed E-state index contributed by atoms with van der Waals surface area (Å²) in [5.74, 6) is -0.546. The van der Waals surface area contributed by atoms with Crippen LogP contribution in [0.5, 0.6) is 6.01 Å². The van der Waals surface area contributed by atoms with Crippen LogP contribution in [0.2, 0.25) is 0 Å². The van der Waals surface area contributed by atoms with Gasteiger partial charge in [0.05, 0.1) is 18.9 Å². The number of nitrogens with zero attached hydrogens (tertiary/aromatic N) is 3. The zero-order chi connectivity index (χ0) is 14.9. The minimum atomic E-state index is -3.46. The second kappa shape index (κ2) is 5.66. The van der Waals surface area contributed by atoms with Crippen molar-refractivity contribution < 1.29 is 17.5 Å². The van der Waals surface area contributed by atoms with Crippen LogP contribution in [0.4, 0.5) is 4.39 Å². The Morgan fingerprint density at radius 3 is 2.81 bits per heavy atom. The molecule has 1 atom stereocenters. The fourth-order valence-corrected chi connectivity index (χ4v) is 4.69. The summed E-state index contributed by atoms with van der Waals surface area (Å²) in [6, 6.07) is 3.34. The standard InChI is InChI=1S/C12H12FN3O3S2/c13-9-6-14-12(15-7-9)19-10-3-4-16(8-10)21(17,18)11-2-1-5-20-11/h1-2,5-7,10H,3-4,8H2. The highest BCUT2D eigenvalue weighted by molar-refractivity contribution is 7.91. The molecule has 0 N–H and O–H groups in total. The molecule has 0 radical (unpaired) electrons. The number of hydrogen-bond acceptors (Lipinski definition) is 6. The van der Waals surface area contributed by atoms with Crippen LogP contribution < -0.4 is 4.74 Å². The van der Waals surface area contributed by atoms with Crippen molar-refractivity contribution in [2.45, 2.75) is 16.7 Å². The van der Waals surface area contributed by atoms with Gasteiger partial charge in [0.1, 0.15) is 10.3 Å². The molecule has 3 rings (SSSR count). The predicted molar refractivity (Wildman–Crippen MR) is 74.1 cm³/mol. The van der Waals surface area contributed by atoms with Gasteiger partial charge in [-0.15, -0.1) is 11.3 Å². The van der Waals surface area contributed by atoms with E-state index >= 15 is 0 Å². The van der Waals surface area contributed by atoms with Crippen molar-refractivity contribution >= 4 is 21.4 Å². The fourth-order valence-electron chi connectivity index (χ4n) is 2.06. The van der Waals surface area contributed by atoms with E-state index in [1.54, 1.807) is 17.5 Å². The van der Waals surface area contributed by atoms with Crippen LogP contribution >= 0.6 is 11.3 Å². The second-order valence-corrected chi connectivity index (χ2v) is 7.62. The molecule has 6 nitrogen and oxygen atoms in total. The Hall–Kier alpha value is -1.58. The fraction of sp³-hybridized carbons (Fsp3) is 0.333. The first kappa shape index (κ1) is 14.4. The van der Waals surface area contributed by atoms with Gasteiger partial charge in [-0.2, -0.15) is 4.31 Å². The lowest BCUT2D eigenvalue weighted by molar-refractivity contribution is 0.197. The molecule has 21 heavy (non-hydrogen) atoms. The van der Waals surface area contributed by atoms with Crippen LogP contribution in [0, 0.1) is 5.82 Å². The SMILES string of the molecule is O=S(=O)(c1cccs1)N1CCC(Oc2ncc(F)cn2)C1. The van der Waals surface area contributed by atoms with Crippen LogP contribution in [0.25, 0.3) is 0 Å². The lowest BCUT2D eigenvalue weighted by Crippen LogP contribution is -2.30. The Labute approximate surface area is 125 Å². The van der Waals surface area contributed by atoms with Crippen LogP contribution in [-0.4, -0.2) is 41.9 Å². The molecule has 0 bridgehead atoms. The monoisotopic (exact) mass is 329 g/mol. The van der Waals surface area contributed by atoms with Gasteiger partial charge in [-0.1, -0.05) is 6.07 Å². The number of halogens is 1. The minimum Gasteiger partial charge on any atom is -0.459 e. The summed E-state index contributed by atoms with van der Waals surface area (Å²) in [6.07, 6.45) is 2.24. The van der Waals surface area contributed by atoms with Crippen molar-refractivity contribution in [1.29, 1.82) is 0 Å². The van der Waals surface area contributed by atoms with Crippen molar-refractivity contribution in [3.05, 3.63) is 35.7 Å². The average molecular weight is 329 g/mol. The van der Waals surface area contributed by atoms with E-state index < -0.39 is 15.8 Å². The number of thiophene rings is 1. The molecule has 2 aromatic heterocycles. The van der Waals surface area contributed by atoms with Gasteiger partial charge in [0.15, 0.2) is 5.82 Å². The van der Waals surface area contributed by atoms with E-state index in [4.69, 9.17) is 4.74 Å². The van der Waals surface area contributed by atoms with E-state index in [9.17, 15) is 12.8 Å². The summed E-state index contributed by atoms with van der Waals surface area (Å²) in [5, 5.41) is 1.73. The van der Waals surface area contributed by atoms with E-state index in [0.29, 0.717) is 17.2 Å². The lowest BCUT2D eigenvalue weighted by Gasteiger charge is -2.15. The predicted octanol–water partition coefficient (Wildman–Crippen LogP) is 1.52. The van der Waals surface area contributed by atoms with Crippen molar-refractivity contribution in [1.82, 2.24) is 14.3 Å². The Kier molecular flexibility index (Phi) is 3.87. The maximum atomic E-state index is 12.7. The van der Waals surface area contributed by atoms with Gasteiger partial charge in [0.2, 0.25) is 0 Å². The van der Waals surface area contributed by atoms with Crippen LogP contribution in [0.3, 0.4) is 0 Å². The molecule has 1 aliphatic rings. The highest BCUT2D eigenvalue weighted by atomic mass is 32.2. The third kappa shape index (κ3) is 3.04. The number of ether oxygens (including phenoxy) is 1. The largest absolute Gasteiger partial charge is 0.459 e. The third-order valence-electron chi connectivity index (χ3n) is 3.07. The third-order valence-corrected chi connectivity index (χ3v) is 6.30. The summed E-state index contributed by atoms with van der Waals surface area (Å²) in [7, 11) is -3.46. The Morgan fingerprint density at radius 1 is 1.38 bits per heavy atom. The highest BCUT2D eigenvalue weighted by Crippen LogP contribution is 2.25. The normalized spacial score (nSPS) is 19.8.